The molecule has 2 aromatic rings. The second-order valence-electron chi connectivity index (χ2n) is 4.28. The van der Waals surface area contributed by atoms with Crippen LogP contribution < -0.4 is 10.0 Å². The molecule has 0 unspecified atom stereocenters. The minimum atomic E-state index is -4.55. The molecule has 0 amide bonds. The van der Waals surface area contributed by atoms with E-state index < -0.39 is 10.3 Å². The first kappa shape index (κ1) is 14.2. The number of rotatable bonds is 3. The van der Waals surface area contributed by atoms with Crippen molar-refractivity contribution in [2.24, 2.45) is 0 Å². The molecular weight excluding hydrogens is 280 g/mol. The standard InChI is InChI=1S/C12H14N4O3S/c1-8-7-9(2)15-12(14-8)16(20(17,18)19)11-5-3-10(13)4-6-11/h3-7H,13H2,1-2H3,(H,17,18,19). The molecule has 2 rings (SSSR count). The summed E-state index contributed by atoms with van der Waals surface area (Å²) in [5.74, 6) is -0.116. The Morgan fingerprint density at radius 2 is 1.60 bits per heavy atom. The van der Waals surface area contributed by atoms with Crippen LogP contribution in [0.2, 0.25) is 0 Å². The molecule has 1 heterocycles. The molecule has 0 atom stereocenters. The number of aryl methyl sites for hydroxylation is 2. The van der Waals surface area contributed by atoms with Crippen LogP contribution in [0.15, 0.2) is 30.3 Å². The van der Waals surface area contributed by atoms with E-state index in [1.807, 2.05) is 0 Å². The van der Waals surface area contributed by atoms with Crippen molar-refractivity contribution in [2.75, 3.05) is 10.0 Å². The van der Waals surface area contributed by atoms with E-state index in [4.69, 9.17) is 5.73 Å². The second kappa shape index (κ2) is 5.06. The Bertz CT molecular complexity index is 709. The van der Waals surface area contributed by atoms with Crippen LogP contribution in [0.3, 0.4) is 0 Å². The van der Waals surface area contributed by atoms with Crippen LogP contribution in [0.4, 0.5) is 17.3 Å². The minimum absolute atomic E-state index is 0.116. The van der Waals surface area contributed by atoms with Crippen LogP contribution in [0, 0.1) is 13.8 Å². The molecule has 1 aromatic heterocycles. The summed E-state index contributed by atoms with van der Waals surface area (Å²) in [5.41, 5.74) is 7.43. The predicted molar refractivity (Wildman–Crippen MR) is 76.0 cm³/mol. The van der Waals surface area contributed by atoms with Gasteiger partial charge in [0.05, 0.1) is 5.69 Å². The Kier molecular flexibility index (Phi) is 3.60. The average molecular weight is 294 g/mol. The van der Waals surface area contributed by atoms with Crippen molar-refractivity contribution < 1.29 is 13.0 Å². The number of nitrogens with two attached hydrogens (primary N) is 1. The highest BCUT2D eigenvalue weighted by molar-refractivity contribution is 7.87. The van der Waals surface area contributed by atoms with Crippen molar-refractivity contribution in [2.45, 2.75) is 13.8 Å². The third-order valence-electron chi connectivity index (χ3n) is 2.51. The van der Waals surface area contributed by atoms with Gasteiger partial charge in [0.15, 0.2) is 0 Å². The van der Waals surface area contributed by atoms with Crippen molar-refractivity contribution >= 4 is 27.6 Å². The van der Waals surface area contributed by atoms with Gasteiger partial charge in [0.2, 0.25) is 5.95 Å². The maximum atomic E-state index is 11.6. The molecule has 0 spiro atoms. The Labute approximate surface area is 117 Å². The van der Waals surface area contributed by atoms with E-state index in [0.717, 1.165) is 0 Å². The van der Waals surface area contributed by atoms with Gasteiger partial charge in [0.1, 0.15) is 0 Å². The minimum Gasteiger partial charge on any atom is -0.399 e. The maximum absolute atomic E-state index is 11.6. The molecule has 20 heavy (non-hydrogen) atoms. The van der Waals surface area contributed by atoms with Gasteiger partial charge in [-0.15, -0.1) is 0 Å². The zero-order valence-electron chi connectivity index (χ0n) is 11.0. The van der Waals surface area contributed by atoms with Crippen molar-refractivity contribution in [1.82, 2.24) is 9.97 Å². The molecule has 106 valence electrons. The largest absolute Gasteiger partial charge is 0.399 e. The lowest BCUT2D eigenvalue weighted by Gasteiger charge is -2.19. The first-order chi connectivity index (χ1) is 9.27. The molecule has 3 N–H and O–H groups in total. The van der Waals surface area contributed by atoms with Crippen LogP contribution in [0.25, 0.3) is 0 Å². The summed E-state index contributed by atoms with van der Waals surface area (Å²) < 4.78 is 33.3. The van der Waals surface area contributed by atoms with Crippen molar-refractivity contribution in [3.05, 3.63) is 41.7 Å². The van der Waals surface area contributed by atoms with Crippen LogP contribution in [-0.2, 0) is 10.3 Å². The highest BCUT2D eigenvalue weighted by Crippen LogP contribution is 2.26. The first-order valence-electron chi connectivity index (χ1n) is 5.73. The number of hydrogen-bond donors (Lipinski definition) is 2. The van der Waals surface area contributed by atoms with E-state index in [-0.39, 0.29) is 11.6 Å². The number of nitrogen functional groups attached to an aromatic ring is 1. The Morgan fingerprint density at radius 1 is 1.10 bits per heavy atom. The Morgan fingerprint density at radius 3 is 2.05 bits per heavy atom. The van der Waals surface area contributed by atoms with E-state index in [9.17, 15) is 13.0 Å². The molecule has 0 bridgehead atoms. The van der Waals surface area contributed by atoms with E-state index in [1.165, 1.54) is 24.3 Å². The number of anilines is 3. The zero-order chi connectivity index (χ0) is 14.9. The molecule has 0 radical (unpaired) electrons. The van der Waals surface area contributed by atoms with Gasteiger partial charge in [-0.25, -0.2) is 9.97 Å². The number of hydrogen-bond acceptors (Lipinski definition) is 5. The molecular formula is C12H14N4O3S. The van der Waals surface area contributed by atoms with Crippen LogP contribution in [0.5, 0.6) is 0 Å². The van der Waals surface area contributed by atoms with Gasteiger partial charge in [-0.3, -0.25) is 4.55 Å². The predicted octanol–water partition coefficient (Wildman–Crippen LogP) is 1.62. The summed E-state index contributed by atoms with van der Waals surface area (Å²) >= 11 is 0. The summed E-state index contributed by atoms with van der Waals surface area (Å²) in [7, 11) is -4.55. The van der Waals surface area contributed by atoms with E-state index >= 15 is 0 Å². The monoisotopic (exact) mass is 294 g/mol. The smallest absolute Gasteiger partial charge is 0.366 e. The third kappa shape index (κ3) is 3.03. The molecule has 8 heteroatoms. The molecule has 0 saturated heterocycles. The number of benzene rings is 1. The van der Waals surface area contributed by atoms with Gasteiger partial charge >= 0.3 is 10.3 Å². The summed E-state index contributed by atoms with van der Waals surface area (Å²) in [6, 6.07) is 7.68. The topological polar surface area (TPSA) is 109 Å². The SMILES string of the molecule is Cc1cc(C)nc(N(c2ccc(N)cc2)S(=O)(=O)O)n1. The van der Waals surface area contributed by atoms with Gasteiger partial charge in [-0.1, -0.05) is 0 Å². The van der Waals surface area contributed by atoms with Gasteiger partial charge in [0.25, 0.3) is 0 Å². The molecule has 0 aliphatic heterocycles. The van der Waals surface area contributed by atoms with Crippen molar-refractivity contribution in [3.8, 4) is 0 Å². The lowest BCUT2D eigenvalue weighted by Crippen LogP contribution is -2.27. The van der Waals surface area contributed by atoms with Crippen molar-refractivity contribution in [3.63, 3.8) is 0 Å². The van der Waals surface area contributed by atoms with Gasteiger partial charge < -0.3 is 5.73 Å². The van der Waals surface area contributed by atoms with Crippen molar-refractivity contribution in [1.29, 1.82) is 0 Å². The summed E-state index contributed by atoms with van der Waals surface area (Å²) in [5, 5.41) is 0. The molecule has 0 aliphatic rings. The highest BCUT2D eigenvalue weighted by Gasteiger charge is 2.25. The Hall–Kier alpha value is -2.19. The van der Waals surface area contributed by atoms with Crippen LogP contribution >= 0.6 is 0 Å². The van der Waals surface area contributed by atoms with E-state index in [0.29, 0.717) is 21.4 Å². The lowest BCUT2D eigenvalue weighted by molar-refractivity contribution is 0.482. The van der Waals surface area contributed by atoms with E-state index in [1.54, 1.807) is 19.9 Å². The molecule has 0 saturated carbocycles. The first-order valence-corrected chi connectivity index (χ1v) is 7.12. The van der Waals surface area contributed by atoms with Gasteiger partial charge in [-0.2, -0.15) is 12.7 Å². The van der Waals surface area contributed by atoms with Crippen LogP contribution in [0.1, 0.15) is 11.4 Å². The highest BCUT2D eigenvalue weighted by atomic mass is 32.2. The average Bonchev–Trinajstić information content (AvgIpc) is 2.29. The fourth-order valence-corrected chi connectivity index (χ4v) is 2.44. The molecule has 7 nitrogen and oxygen atoms in total. The number of nitrogens with zero attached hydrogens (tertiary/aromatic N) is 3. The zero-order valence-corrected chi connectivity index (χ0v) is 11.8. The number of aromatic nitrogens is 2. The molecule has 1 aromatic carbocycles. The molecule has 0 fully saturated rings. The quantitative estimate of drug-likeness (QED) is 0.657. The normalized spacial score (nSPS) is 11.3. The summed E-state index contributed by atoms with van der Waals surface area (Å²) in [6.07, 6.45) is 0. The third-order valence-corrected chi connectivity index (χ3v) is 3.35. The summed E-state index contributed by atoms with van der Waals surface area (Å²) in [4.78, 5) is 8.09. The lowest BCUT2D eigenvalue weighted by atomic mass is 10.3. The van der Waals surface area contributed by atoms with Crippen LogP contribution in [-0.4, -0.2) is 22.9 Å². The maximum Gasteiger partial charge on any atom is 0.366 e. The van der Waals surface area contributed by atoms with E-state index in [2.05, 4.69) is 9.97 Å². The fourth-order valence-electron chi connectivity index (χ4n) is 1.76. The fraction of sp³-hybridized carbons (Fsp3) is 0.167. The van der Waals surface area contributed by atoms with Gasteiger partial charge in [0, 0.05) is 17.1 Å². The molecule has 0 aliphatic carbocycles. The van der Waals surface area contributed by atoms with Gasteiger partial charge in [-0.05, 0) is 44.2 Å². The second-order valence-corrected chi connectivity index (χ2v) is 5.55. The summed E-state index contributed by atoms with van der Waals surface area (Å²) in [6.45, 7) is 3.42. The Balaban J connectivity index is 2.62.